The van der Waals surface area contributed by atoms with Crippen molar-refractivity contribution in [2.75, 3.05) is 25.6 Å². The van der Waals surface area contributed by atoms with Crippen LogP contribution in [0.15, 0.2) is 41.0 Å². The Morgan fingerprint density at radius 3 is 2.81 bits per heavy atom. The summed E-state index contributed by atoms with van der Waals surface area (Å²) < 4.78 is 24.3. The minimum atomic E-state index is -0.255. The third-order valence-corrected chi connectivity index (χ3v) is 3.54. The lowest BCUT2D eigenvalue weighted by molar-refractivity contribution is 0.144. The van der Waals surface area contributed by atoms with Crippen molar-refractivity contribution >= 4 is 21.6 Å². The van der Waals surface area contributed by atoms with E-state index in [1.807, 2.05) is 6.07 Å². The molecule has 21 heavy (non-hydrogen) atoms. The van der Waals surface area contributed by atoms with Gasteiger partial charge in [0.15, 0.2) is 0 Å². The van der Waals surface area contributed by atoms with E-state index in [1.165, 1.54) is 12.1 Å². The highest BCUT2D eigenvalue weighted by Crippen LogP contribution is 2.19. The van der Waals surface area contributed by atoms with Crippen LogP contribution in [0.3, 0.4) is 0 Å². The number of pyridine rings is 1. The second-order valence-corrected chi connectivity index (χ2v) is 5.17. The topological polar surface area (TPSA) is 43.4 Å². The third kappa shape index (κ3) is 4.99. The van der Waals surface area contributed by atoms with Crippen LogP contribution in [0.5, 0.6) is 5.88 Å². The van der Waals surface area contributed by atoms with E-state index in [0.717, 1.165) is 15.7 Å². The summed E-state index contributed by atoms with van der Waals surface area (Å²) in [4.78, 5) is 4.18. The van der Waals surface area contributed by atoms with E-state index in [2.05, 4.69) is 26.2 Å². The van der Waals surface area contributed by atoms with Crippen LogP contribution in [0.4, 0.5) is 10.1 Å². The van der Waals surface area contributed by atoms with Gasteiger partial charge in [0, 0.05) is 24.2 Å². The summed E-state index contributed by atoms with van der Waals surface area (Å²) >= 11 is 3.40. The van der Waals surface area contributed by atoms with E-state index in [9.17, 15) is 4.39 Å². The number of nitrogens with one attached hydrogen (secondary N) is 1. The molecule has 0 saturated carbocycles. The molecule has 0 radical (unpaired) electrons. The predicted molar refractivity (Wildman–Crippen MR) is 83.0 cm³/mol. The number of rotatable bonds is 7. The molecule has 0 bridgehead atoms. The average molecular weight is 355 g/mol. The van der Waals surface area contributed by atoms with Crippen molar-refractivity contribution in [1.29, 1.82) is 0 Å². The Kier molecular flexibility index (Phi) is 5.95. The van der Waals surface area contributed by atoms with Crippen molar-refractivity contribution in [3.8, 4) is 5.88 Å². The van der Waals surface area contributed by atoms with Crippen molar-refractivity contribution < 1.29 is 13.9 Å². The van der Waals surface area contributed by atoms with Crippen molar-refractivity contribution in [3.63, 3.8) is 0 Å². The van der Waals surface area contributed by atoms with Crippen LogP contribution < -0.4 is 10.1 Å². The third-order valence-electron chi connectivity index (χ3n) is 2.76. The predicted octanol–water partition coefficient (Wildman–Crippen LogP) is 3.62. The molecule has 112 valence electrons. The van der Waals surface area contributed by atoms with Gasteiger partial charge in [-0.05, 0) is 29.8 Å². The molecule has 1 heterocycles. The maximum atomic E-state index is 13.2. The highest BCUT2D eigenvalue weighted by Gasteiger charge is 2.02. The van der Waals surface area contributed by atoms with Crippen LogP contribution in [0.2, 0.25) is 0 Å². The maximum Gasteiger partial charge on any atom is 0.213 e. The van der Waals surface area contributed by atoms with Crippen LogP contribution in [-0.4, -0.2) is 25.3 Å². The van der Waals surface area contributed by atoms with Crippen molar-refractivity contribution in [1.82, 2.24) is 4.98 Å². The van der Waals surface area contributed by atoms with Crippen LogP contribution in [0.1, 0.15) is 5.56 Å². The quantitative estimate of drug-likeness (QED) is 0.771. The van der Waals surface area contributed by atoms with Gasteiger partial charge in [0.25, 0.3) is 0 Å². The number of benzene rings is 1. The molecule has 1 N–H and O–H groups in total. The number of nitrogens with zero attached hydrogens (tertiary/aromatic N) is 1. The van der Waals surface area contributed by atoms with E-state index >= 15 is 0 Å². The lowest BCUT2D eigenvalue weighted by Crippen LogP contribution is -2.06. The Bertz CT molecular complexity index is 578. The molecular weight excluding hydrogens is 339 g/mol. The summed E-state index contributed by atoms with van der Waals surface area (Å²) in [6.45, 7) is 1.49. The number of hydrogen-bond donors (Lipinski definition) is 1. The Labute approximate surface area is 131 Å². The highest BCUT2D eigenvalue weighted by molar-refractivity contribution is 9.10. The lowest BCUT2D eigenvalue weighted by Gasteiger charge is -2.09. The zero-order valence-corrected chi connectivity index (χ0v) is 13.2. The van der Waals surface area contributed by atoms with E-state index < -0.39 is 0 Å². The summed E-state index contributed by atoms with van der Waals surface area (Å²) in [6, 6.07) is 8.24. The highest BCUT2D eigenvalue weighted by atomic mass is 79.9. The molecule has 0 amide bonds. The lowest BCUT2D eigenvalue weighted by atomic mass is 10.2. The fourth-order valence-electron chi connectivity index (χ4n) is 1.68. The molecule has 0 fully saturated rings. The van der Waals surface area contributed by atoms with Gasteiger partial charge in [0.05, 0.1) is 18.5 Å². The molecule has 0 unspecified atom stereocenters. The number of halogens is 2. The van der Waals surface area contributed by atoms with E-state index in [4.69, 9.17) is 9.47 Å². The number of anilines is 1. The molecule has 0 saturated heterocycles. The monoisotopic (exact) mass is 354 g/mol. The van der Waals surface area contributed by atoms with Crippen LogP contribution in [-0.2, 0) is 11.3 Å². The largest absolute Gasteiger partial charge is 0.475 e. The first-order chi connectivity index (χ1) is 10.2. The Morgan fingerprint density at radius 2 is 2.10 bits per heavy atom. The van der Waals surface area contributed by atoms with Crippen LogP contribution in [0.25, 0.3) is 0 Å². The summed E-state index contributed by atoms with van der Waals surface area (Å²) in [6.07, 6.45) is 1.68. The van der Waals surface area contributed by atoms with E-state index in [1.54, 1.807) is 25.4 Å². The standard InChI is InChI=1S/C15H16BrFN2O2/c1-20-6-7-21-15-5-3-13(10-19-15)18-9-11-8-12(17)2-4-14(11)16/h2-5,8,10,18H,6-7,9H2,1H3. The second kappa shape index (κ2) is 7.95. The Balaban J connectivity index is 1.90. The van der Waals surface area contributed by atoms with E-state index in [-0.39, 0.29) is 5.82 Å². The normalized spacial score (nSPS) is 10.4. The molecule has 0 aliphatic heterocycles. The molecule has 2 rings (SSSR count). The van der Waals surface area contributed by atoms with Crippen LogP contribution in [0, 0.1) is 5.82 Å². The average Bonchev–Trinajstić information content (AvgIpc) is 2.50. The number of hydrogen-bond acceptors (Lipinski definition) is 4. The maximum absolute atomic E-state index is 13.2. The number of methoxy groups -OCH3 is 1. The minimum absolute atomic E-state index is 0.255. The summed E-state index contributed by atoms with van der Waals surface area (Å²) in [5.41, 5.74) is 1.68. The molecule has 0 aliphatic carbocycles. The summed E-state index contributed by atoms with van der Waals surface area (Å²) in [5, 5.41) is 3.18. The molecule has 1 aromatic carbocycles. The van der Waals surface area contributed by atoms with Gasteiger partial charge in [0.2, 0.25) is 5.88 Å². The summed E-state index contributed by atoms with van der Waals surface area (Å²) in [7, 11) is 1.62. The van der Waals surface area contributed by atoms with Crippen molar-refractivity contribution in [2.24, 2.45) is 0 Å². The van der Waals surface area contributed by atoms with Crippen molar-refractivity contribution in [2.45, 2.75) is 6.54 Å². The first-order valence-electron chi connectivity index (χ1n) is 6.44. The number of aromatic nitrogens is 1. The van der Waals surface area contributed by atoms with Crippen LogP contribution >= 0.6 is 15.9 Å². The molecule has 0 spiro atoms. The molecule has 6 heteroatoms. The molecule has 1 aromatic heterocycles. The minimum Gasteiger partial charge on any atom is -0.475 e. The van der Waals surface area contributed by atoms with Gasteiger partial charge in [-0.15, -0.1) is 0 Å². The van der Waals surface area contributed by atoms with Gasteiger partial charge in [-0.2, -0.15) is 0 Å². The first kappa shape index (κ1) is 15.7. The van der Waals surface area contributed by atoms with Gasteiger partial charge in [-0.25, -0.2) is 9.37 Å². The zero-order valence-electron chi connectivity index (χ0n) is 11.6. The summed E-state index contributed by atoms with van der Waals surface area (Å²) in [5.74, 6) is 0.291. The Hall–Kier alpha value is -1.66. The first-order valence-corrected chi connectivity index (χ1v) is 7.24. The van der Waals surface area contributed by atoms with Gasteiger partial charge >= 0.3 is 0 Å². The van der Waals surface area contributed by atoms with Gasteiger partial charge < -0.3 is 14.8 Å². The molecule has 4 nitrogen and oxygen atoms in total. The SMILES string of the molecule is COCCOc1ccc(NCc2cc(F)ccc2Br)cn1. The fraction of sp³-hybridized carbons (Fsp3) is 0.267. The smallest absolute Gasteiger partial charge is 0.213 e. The molecular formula is C15H16BrFN2O2. The fourth-order valence-corrected chi connectivity index (χ4v) is 2.06. The van der Waals surface area contributed by atoms with Gasteiger partial charge in [0.1, 0.15) is 12.4 Å². The van der Waals surface area contributed by atoms with Gasteiger partial charge in [-0.3, -0.25) is 0 Å². The second-order valence-electron chi connectivity index (χ2n) is 4.32. The van der Waals surface area contributed by atoms with E-state index in [0.29, 0.717) is 25.6 Å². The molecule has 2 aromatic rings. The zero-order chi connectivity index (χ0) is 15.1. The number of ether oxygens (including phenoxy) is 2. The molecule has 0 atom stereocenters. The molecule has 0 aliphatic rings. The van der Waals surface area contributed by atoms with Gasteiger partial charge in [-0.1, -0.05) is 15.9 Å². The Morgan fingerprint density at radius 1 is 1.24 bits per heavy atom. The van der Waals surface area contributed by atoms with Crippen molar-refractivity contribution in [3.05, 3.63) is 52.4 Å².